The van der Waals surface area contributed by atoms with Gasteiger partial charge in [-0.05, 0) is 30.2 Å². The molecule has 2 rings (SSSR count). The second kappa shape index (κ2) is 6.74. The number of nitrogens with one attached hydrogen (secondary N) is 2. The van der Waals surface area contributed by atoms with Gasteiger partial charge >= 0.3 is 0 Å². The Morgan fingerprint density at radius 1 is 1.19 bits per heavy atom. The minimum atomic E-state index is -0.210. The first kappa shape index (κ1) is 14.8. The van der Waals surface area contributed by atoms with Crippen LogP contribution in [0.3, 0.4) is 0 Å². The summed E-state index contributed by atoms with van der Waals surface area (Å²) in [7, 11) is 1.61. The number of carbonyl (C=O) groups excluding carboxylic acids is 2. The Morgan fingerprint density at radius 3 is 2.62 bits per heavy atom. The Hall–Kier alpha value is -2.56. The van der Waals surface area contributed by atoms with Gasteiger partial charge in [-0.25, -0.2) is 0 Å². The first-order valence-electron chi connectivity index (χ1n) is 6.88. The van der Waals surface area contributed by atoms with E-state index in [1.807, 2.05) is 31.2 Å². The lowest BCUT2D eigenvalue weighted by atomic mass is 10.1. The van der Waals surface area contributed by atoms with Gasteiger partial charge in [-0.1, -0.05) is 25.1 Å². The van der Waals surface area contributed by atoms with Crippen molar-refractivity contribution in [1.29, 1.82) is 0 Å². The van der Waals surface area contributed by atoms with E-state index in [-0.39, 0.29) is 18.4 Å². The largest absolute Gasteiger partial charge is 0.357 e. The minimum Gasteiger partial charge on any atom is -0.357 e. The fourth-order valence-corrected chi connectivity index (χ4v) is 2.10. The molecule has 0 fully saturated rings. The topological polar surface area (TPSA) is 65.2 Å². The van der Waals surface area contributed by atoms with Gasteiger partial charge in [0.15, 0.2) is 0 Å². The number of rotatable bonds is 5. The highest BCUT2D eigenvalue weighted by atomic mass is 16.2. The van der Waals surface area contributed by atoms with E-state index in [2.05, 4.69) is 10.3 Å². The highest BCUT2D eigenvalue weighted by Crippen LogP contribution is 2.15. The lowest BCUT2D eigenvalue weighted by molar-refractivity contribution is -0.116. The van der Waals surface area contributed by atoms with Crippen LogP contribution in [-0.2, 0) is 11.2 Å². The van der Waals surface area contributed by atoms with Crippen molar-refractivity contribution in [2.75, 3.05) is 18.9 Å². The third kappa shape index (κ3) is 3.72. The minimum absolute atomic E-state index is 0.00982. The number of aromatic amines is 1. The predicted octanol–water partition coefficient (Wildman–Crippen LogP) is 2.29. The SMILES string of the molecule is CCc1ccccc1NC(=O)CN(C)C(=O)c1ccc[nH]1. The van der Waals surface area contributed by atoms with Gasteiger partial charge in [0.05, 0.1) is 6.54 Å². The normalized spacial score (nSPS) is 10.2. The summed E-state index contributed by atoms with van der Waals surface area (Å²) in [5.74, 6) is -0.419. The van der Waals surface area contributed by atoms with Crippen LogP contribution in [0, 0.1) is 0 Å². The van der Waals surface area contributed by atoms with Gasteiger partial charge in [-0.3, -0.25) is 9.59 Å². The molecule has 0 saturated heterocycles. The molecule has 0 bridgehead atoms. The zero-order chi connectivity index (χ0) is 15.2. The van der Waals surface area contributed by atoms with E-state index in [0.29, 0.717) is 5.69 Å². The van der Waals surface area contributed by atoms with Gasteiger partial charge < -0.3 is 15.2 Å². The molecule has 0 aliphatic heterocycles. The predicted molar refractivity (Wildman–Crippen MR) is 82.2 cm³/mol. The van der Waals surface area contributed by atoms with Crippen molar-refractivity contribution in [2.24, 2.45) is 0 Å². The summed E-state index contributed by atoms with van der Waals surface area (Å²) >= 11 is 0. The molecule has 1 heterocycles. The zero-order valence-corrected chi connectivity index (χ0v) is 12.2. The number of para-hydroxylation sites is 1. The average Bonchev–Trinajstić information content (AvgIpc) is 3.01. The molecule has 0 radical (unpaired) electrons. The van der Waals surface area contributed by atoms with Gasteiger partial charge in [-0.2, -0.15) is 0 Å². The summed E-state index contributed by atoms with van der Waals surface area (Å²) in [5, 5.41) is 2.85. The monoisotopic (exact) mass is 285 g/mol. The number of hydrogen-bond acceptors (Lipinski definition) is 2. The van der Waals surface area contributed by atoms with Crippen LogP contribution in [0.15, 0.2) is 42.6 Å². The van der Waals surface area contributed by atoms with Crippen molar-refractivity contribution in [2.45, 2.75) is 13.3 Å². The molecule has 0 aliphatic rings. The number of H-pyrrole nitrogens is 1. The molecule has 2 amide bonds. The van der Waals surface area contributed by atoms with Crippen molar-refractivity contribution < 1.29 is 9.59 Å². The molecule has 110 valence electrons. The van der Waals surface area contributed by atoms with Crippen molar-refractivity contribution in [3.8, 4) is 0 Å². The van der Waals surface area contributed by atoms with E-state index >= 15 is 0 Å². The number of aromatic nitrogens is 1. The number of nitrogens with zero attached hydrogens (tertiary/aromatic N) is 1. The summed E-state index contributed by atoms with van der Waals surface area (Å²) < 4.78 is 0. The van der Waals surface area contributed by atoms with Crippen molar-refractivity contribution in [1.82, 2.24) is 9.88 Å². The summed E-state index contributed by atoms with van der Waals surface area (Å²) in [5.41, 5.74) is 2.34. The first-order valence-corrected chi connectivity index (χ1v) is 6.88. The Bertz CT molecular complexity index is 620. The number of benzene rings is 1. The third-order valence-electron chi connectivity index (χ3n) is 3.23. The smallest absolute Gasteiger partial charge is 0.270 e. The van der Waals surface area contributed by atoms with Gasteiger partial charge in [0.25, 0.3) is 5.91 Å². The third-order valence-corrected chi connectivity index (χ3v) is 3.23. The lowest BCUT2D eigenvalue weighted by Gasteiger charge is -2.17. The second-order valence-corrected chi connectivity index (χ2v) is 4.80. The maximum Gasteiger partial charge on any atom is 0.270 e. The van der Waals surface area contributed by atoms with Gasteiger partial charge in [0, 0.05) is 18.9 Å². The van der Waals surface area contributed by atoms with Crippen LogP contribution < -0.4 is 5.32 Å². The summed E-state index contributed by atoms with van der Waals surface area (Å²) in [6.07, 6.45) is 2.52. The molecule has 2 N–H and O–H groups in total. The van der Waals surface area contributed by atoms with Crippen LogP contribution in [0.1, 0.15) is 23.0 Å². The number of amides is 2. The van der Waals surface area contributed by atoms with E-state index in [4.69, 9.17) is 0 Å². The Balaban J connectivity index is 1.97. The van der Waals surface area contributed by atoms with Gasteiger partial charge in [0.1, 0.15) is 5.69 Å². The molecule has 21 heavy (non-hydrogen) atoms. The first-order chi connectivity index (χ1) is 10.1. The van der Waals surface area contributed by atoms with Crippen LogP contribution in [0.4, 0.5) is 5.69 Å². The Kier molecular flexibility index (Phi) is 4.77. The van der Waals surface area contributed by atoms with E-state index in [1.54, 1.807) is 25.4 Å². The maximum absolute atomic E-state index is 12.0. The molecule has 0 atom stereocenters. The molecule has 5 nitrogen and oxygen atoms in total. The van der Waals surface area contributed by atoms with Crippen molar-refractivity contribution in [3.63, 3.8) is 0 Å². The fourth-order valence-electron chi connectivity index (χ4n) is 2.10. The standard InChI is InChI=1S/C16H19N3O2/c1-3-12-7-4-5-8-13(12)18-15(20)11-19(2)16(21)14-9-6-10-17-14/h4-10,17H,3,11H2,1-2H3,(H,18,20). The average molecular weight is 285 g/mol. The Labute approximate surface area is 124 Å². The van der Waals surface area contributed by atoms with Crippen LogP contribution in [0.2, 0.25) is 0 Å². The summed E-state index contributed by atoms with van der Waals surface area (Å²) in [6.45, 7) is 2.04. The maximum atomic E-state index is 12.0. The molecule has 2 aromatic rings. The highest BCUT2D eigenvalue weighted by Gasteiger charge is 2.15. The van der Waals surface area contributed by atoms with Gasteiger partial charge in [0.2, 0.25) is 5.91 Å². The molecular weight excluding hydrogens is 266 g/mol. The quantitative estimate of drug-likeness (QED) is 0.885. The number of hydrogen-bond donors (Lipinski definition) is 2. The molecule has 0 saturated carbocycles. The molecule has 1 aromatic carbocycles. The molecule has 1 aromatic heterocycles. The number of likely N-dealkylation sites (N-methyl/N-ethyl adjacent to an activating group) is 1. The zero-order valence-electron chi connectivity index (χ0n) is 12.2. The molecule has 0 aliphatic carbocycles. The van der Waals surface area contributed by atoms with E-state index in [0.717, 1.165) is 17.7 Å². The van der Waals surface area contributed by atoms with Crippen molar-refractivity contribution >= 4 is 17.5 Å². The van der Waals surface area contributed by atoms with E-state index < -0.39 is 0 Å². The molecule has 0 spiro atoms. The highest BCUT2D eigenvalue weighted by molar-refractivity contribution is 5.98. The van der Waals surface area contributed by atoms with Crippen molar-refractivity contribution in [3.05, 3.63) is 53.9 Å². The number of aryl methyl sites for hydroxylation is 1. The number of anilines is 1. The molecule has 5 heteroatoms. The van der Waals surface area contributed by atoms with E-state index in [1.165, 1.54) is 4.90 Å². The summed E-state index contributed by atoms with van der Waals surface area (Å²) in [4.78, 5) is 28.3. The molecule has 0 unspecified atom stereocenters. The number of carbonyl (C=O) groups is 2. The second-order valence-electron chi connectivity index (χ2n) is 4.80. The summed E-state index contributed by atoms with van der Waals surface area (Å²) in [6, 6.07) is 11.1. The van der Waals surface area contributed by atoms with Crippen LogP contribution >= 0.6 is 0 Å². The van der Waals surface area contributed by atoms with E-state index in [9.17, 15) is 9.59 Å². The van der Waals surface area contributed by atoms with Crippen LogP contribution in [0.5, 0.6) is 0 Å². The molecular formula is C16H19N3O2. The fraction of sp³-hybridized carbons (Fsp3) is 0.250. The Morgan fingerprint density at radius 2 is 1.95 bits per heavy atom. The van der Waals surface area contributed by atoms with Gasteiger partial charge in [-0.15, -0.1) is 0 Å². The van der Waals surface area contributed by atoms with Crippen LogP contribution in [0.25, 0.3) is 0 Å². The van der Waals surface area contributed by atoms with Crippen LogP contribution in [-0.4, -0.2) is 35.3 Å². The lowest BCUT2D eigenvalue weighted by Crippen LogP contribution is -2.35.